The van der Waals surface area contributed by atoms with E-state index in [1.807, 2.05) is 0 Å². The second-order valence-corrected chi connectivity index (χ2v) is 2.62. The van der Waals surface area contributed by atoms with Crippen molar-refractivity contribution in [1.82, 2.24) is 5.32 Å². The highest BCUT2D eigenvalue weighted by Gasteiger charge is 2.10. The van der Waals surface area contributed by atoms with Crippen LogP contribution >= 0.6 is 24.0 Å². The number of rotatable bonds is 5. The molecule has 0 aromatic carbocycles. The third-order valence-corrected chi connectivity index (χ3v) is 1.58. The van der Waals surface area contributed by atoms with Crippen LogP contribution in [0.3, 0.4) is 0 Å². The lowest BCUT2D eigenvalue weighted by atomic mass is 10.3. The van der Waals surface area contributed by atoms with Crippen LogP contribution in [0.1, 0.15) is 13.3 Å². The van der Waals surface area contributed by atoms with Gasteiger partial charge in [-0.25, -0.2) is 0 Å². The maximum Gasteiger partial charge on any atom is 0.322 e. The average Bonchev–Trinajstić information content (AvgIpc) is 2.03. The maximum absolute atomic E-state index is 10.8. The van der Waals surface area contributed by atoms with Gasteiger partial charge in [-0.2, -0.15) is 0 Å². The molecule has 1 atom stereocenters. The summed E-state index contributed by atoms with van der Waals surface area (Å²) < 4.78 is 4.51. The van der Waals surface area contributed by atoms with Gasteiger partial charge in [0.25, 0.3) is 0 Å². The lowest BCUT2D eigenvalue weighted by Gasteiger charge is -2.09. The highest BCUT2D eigenvalue weighted by molar-refractivity contribution is 6.17. The largest absolute Gasteiger partial charge is 0.468 e. The maximum atomic E-state index is 10.8. The first-order chi connectivity index (χ1) is 5.22. The molecule has 0 amide bonds. The Morgan fingerprint density at radius 3 is 2.67 bits per heavy atom. The molecule has 0 aromatic rings. The van der Waals surface area contributed by atoms with Gasteiger partial charge in [-0.3, -0.25) is 4.79 Å². The van der Waals surface area contributed by atoms with Crippen LogP contribution in [0.15, 0.2) is 0 Å². The molecule has 0 rings (SSSR count). The standard InChI is InChI=1S/C7H14ClNO2.ClH/c1-6(7(10)11-2)9-5-3-4-8;/h6,9H,3-5H2,1-2H3;1H/t6-;/m1./s1. The molecule has 0 bridgehead atoms. The van der Waals surface area contributed by atoms with Gasteiger partial charge in [0.1, 0.15) is 6.04 Å². The predicted octanol–water partition coefficient (Wildman–Crippen LogP) is 1.19. The minimum Gasteiger partial charge on any atom is -0.468 e. The molecule has 0 aliphatic rings. The molecule has 0 saturated carbocycles. The van der Waals surface area contributed by atoms with Gasteiger partial charge in [0.05, 0.1) is 7.11 Å². The van der Waals surface area contributed by atoms with Crippen LogP contribution < -0.4 is 5.32 Å². The zero-order valence-corrected chi connectivity index (χ0v) is 8.87. The summed E-state index contributed by atoms with van der Waals surface area (Å²) >= 11 is 5.44. The van der Waals surface area contributed by atoms with E-state index in [4.69, 9.17) is 11.6 Å². The molecule has 74 valence electrons. The normalized spacial score (nSPS) is 11.6. The molecule has 0 spiro atoms. The molecule has 0 heterocycles. The predicted molar refractivity (Wildman–Crippen MR) is 52.1 cm³/mol. The van der Waals surface area contributed by atoms with Crippen molar-refractivity contribution in [3.8, 4) is 0 Å². The van der Waals surface area contributed by atoms with Gasteiger partial charge < -0.3 is 10.1 Å². The Balaban J connectivity index is 0. The molecular weight excluding hydrogens is 201 g/mol. The Morgan fingerprint density at radius 2 is 2.25 bits per heavy atom. The zero-order chi connectivity index (χ0) is 8.69. The Hall–Kier alpha value is 0.01000. The number of halogens is 2. The molecule has 0 radical (unpaired) electrons. The molecule has 0 fully saturated rings. The van der Waals surface area contributed by atoms with Gasteiger partial charge in [0.2, 0.25) is 0 Å². The molecule has 0 aromatic heterocycles. The zero-order valence-electron chi connectivity index (χ0n) is 7.30. The summed E-state index contributed by atoms with van der Waals surface area (Å²) in [5, 5.41) is 2.98. The number of hydrogen-bond acceptors (Lipinski definition) is 3. The minimum absolute atomic E-state index is 0. The van der Waals surface area contributed by atoms with E-state index < -0.39 is 0 Å². The number of methoxy groups -OCH3 is 1. The summed E-state index contributed by atoms with van der Waals surface area (Å²) in [5.74, 6) is 0.375. The van der Waals surface area contributed by atoms with Crippen LogP contribution in [0.25, 0.3) is 0 Å². The molecule has 0 unspecified atom stereocenters. The summed E-state index contributed by atoms with van der Waals surface area (Å²) in [6.07, 6.45) is 0.864. The van der Waals surface area contributed by atoms with Gasteiger partial charge in [0.15, 0.2) is 0 Å². The summed E-state index contributed by atoms with van der Waals surface area (Å²) in [4.78, 5) is 10.8. The molecule has 0 aliphatic heterocycles. The van der Waals surface area contributed by atoms with Crippen molar-refractivity contribution in [1.29, 1.82) is 0 Å². The molecule has 12 heavy (non-hydrogen) atoms. The van der Waals surface area contributed by atoms with Crippen LogP contribution in [0.5, 0.6) is 0 Å². The van der Waals surface area contributed by atoms with E-state index in [0.29, 0.717) is 5.88 Å². The Morgan fingerprint density at radius 1 is 1.67 bits per heavy atom. The molecule has 0 saturated heterocycles. The van der Waals surface area contributed by atoms with Crippen molar-refractivity contribution in [3.63, 3.8) is 0 Å². The van der Waals surface area contributed by atoms with Gasteiger partial charge in [-0.15, -0.1) is 24.0 Å². The highest BCUT2D eigenvalue weighted by Crippen LogP contribution is 1.87. The van der Waals surface area contributed by atoms with E-state index in [9.17, 15) is 4.79 Å². The fraction of sp³-hybridized carbons (Fsp3) is 0.857. The number of ether oxygens (including phenoxy) is 1. The first-order valence-electron chi connectivity index (χ1n) is 3.59. The van der Waals surface area contributed by atoms with E-state index in [2.05, 4.69) is 10.1 Å². The van der Waals surface area contributed by atoms with Crippen molar-refractivity contribution in [3.05, 3.63) is 0 Å². The lowest BCUT2D eigenvalue weighted by Crippen LogP contribution is -2.35. The van der Waals surface area contributed by atoms with Gasteiger partial charge >= 0.3 is 5.97 Å². The quantitative estimate of drug-likeness (QED) is 0.426. The second kappa shape index (κ2) is 9.10. The van der Waals surface area contributed by atoms with E-state index in [0.717, 1.165) is 13.0 Å². The molecule has 3 nitrogen and oxygen atoms in total. The molecular formula is C7H15Cl2NO2. The van der Waals surface area contributed by atoms with Crippen LogP contribution in [0.2, 0.25) is 0 Å². The number of carbonyl (C=O) groups is 1. The Labute approximate surface area is 84.2 Å². The Bertz CT molecular complexity index is 122. The topological polar surface area (TPSA) is 38.3 Å². The molecule has 5 heteroatoms. The smallest absolute Gasteiger partial charge is 0.322 e. The van der Waals surface area contributed by atoms with Crippen LogP contribution in [0.4, 0.5) is 0 Å². The lowest BCUT2D eigenvalue weighted by molar-refractivity contribution is -0.142. The summed E-state index contributed by atoms with van der Waals surface area (Å²) in [6.45, 7) is 2.51. The van der Waals surface area contributed by atoms with Crippen LogP contribution in [-0.2, 0) is 9.53 Å². The van der Waals surface area contributed by atoms with Crippen molar-refractivity contribution in [2.75, 3.05) is 19.5 Å². The number of esters is 1. The fourth-order valence-electron chi connectivity index (χ4n) is 0.645. The summed E-state index contributed by atoms with van der Waals surface area (Å²) in [7, 11) is 1.38. The third kappa shape index (κ3) is 6.70. The first-order valence-corrected chi connectivity index (χ1v) is 4.13. The van der Waals surface area contributed by atoms with E-state index in [1.165, 1.54) is 7.11 Å². The van der Waals surface area contributed by atoms with Gasteiger partial charge in [-0.1, -0.05) is 0 Å². The third-order valence-electron chi connectivity index (χ3n) is 1.32. The number of alkyl halides is 1. The summed E-state index contributed by atoms with van der Waals surface area (Å²) in [6, 6.07) is -0.233. The van der Waals surface area contributed by atoms with Crippen molar-refractivity contribution in [2.45, 2.75) is 19.4 Å². The first kappa shape index (κ1) is 14.5. The van der Waals surface area contributed by atoms with E-state index in [1.54, 1.807) is 6.92 Å². The SMILES string of the molecule is COC(=O)[C@@H](C)NCCCCl.Cl. The van der Waals surface area contributed by atoms with Gasteiger partial charge in [-0.05, 0) is 19.9 Å². The molecule has 0 aliphatic carbocycles. The number of carbonyl (C=O) groups excluding carboxylic acids is 1. The van der Waals surface area contributed by atoms with E-state index >= 15 is 0 Å². The minimum atomic E-state index is -0.237. The summed E-state index contributed by atoms with van der Waals surface area (Å²) in [5.41, 5.74) is 0. The van der Waals surface area contributed by atoms with Crippen molar-refractivity contribution >= 4 is 30.0 Å². The Kier molecular flexibility index (Phi) is 11.0. The van der Waals surface area contributed by atoms with E-state index in [-0.39, 0.29) is 24.4 Å². The van der Waals surface area contributed by atoms with Crippen LogP contribution in [0, 0.1) is 0 Å². The van der Waals surface area contributed by atoms with Crippen molar-refractivity contribution in [2.24, 2.45) is 0 Å². The van der Waals surface area contributed by atoms with Gasteiger partial charge in [0, 0.05) is 5.88 Å². The second-order valence-electron chi connectivity index (χ2n) is 2.24. The number of hydrogen-bond donors (Lipinski definition) is 1. The van der Waals surface area contributed by atoms with Crippen LogP contribution in [-0.4, -0.2) is 31.5 Å². The fourth-order valence-corrected chi connectivity index (χ4v) is 0.779. The van der Waals surface area contributed by atoms with Crippen molar-refractivity contribution < 1.29 is 9.53 Å². The highest BCUT2D eigenvalue weighted by atomic mass is 35.5. The number of nitrogens with one attached hydrogen (secondary N) is 1. The monoisotopic (exact) mass is 215 g/mol. The average molecular weight is 216 g/mol. The molecule has 1 N–H and O–H groups in total.